The van der Waals surface area contributed by atoms with Gasteiger partial charge in [0.25, 0.3) is 0 Å². The minimum atomic E-state index is -3.89. The average Bonchev–Trinajstić information content (AvgIpc) is 3.44. The molecule has 3 rings (SSSR count). The molecule has 1 aliphatic heterocycles. The van der Waals surface area contributed by atoms with Crippen LogP contribution in [0.15, 0.2) is 12.4 Å². The second kappa shape index (κ2) is 11.4. The van der Waals surface area contributed by atoms with Crippen molar-refractivity contribution in [1.82, 2.24) is 24.7 Å². The Balaban J connectivity index is 1.89. The number of ether oxygens (including phenoxy) is 4. The Morgan fingerprint density at radius 1 is 1.18 bits per heavy atom. The largest absolute Gasteiger partial charge is 0.494 e. The number of sulfonamides is 1. The average molecular weight is 499 g/mol. The van der Waals surface area contributed by atoms with E-state index in [0.717, 1.165) is 12.8 Å². The Morgan fingerprint density at radius 3 is 2.44 bits per heavy atom. The van der Waals surface area contributed by atoms with Gasteiger partial charge < -0.3 is 18.9 Å². The quantitative estimate of drug-likeness (QED) is 0.464. The Morgan fingerprint density at radius 2 is 1.88 bits per heavy atom. The molecule has 0 aliphatic carbocycles. The van der Waals surface area contributed by atoms with Gasteiger partial charge in [0.2, 0.25) is 16.0 Å². The number of anilines is 1. The van der Waals surface area contributed by atoms with Crippen LogP contribution >= 0.6 is 0 Å². The zero-order valence-corrected chi connectivity index (χ0v) is 21.3. The van der Waals surface area contributed by atoms with Crippen LogP contribution in [-0.4, -0.2) is 72.4 Å². The fourth-order valence-electron chi connectivity index (χ4n) is 3.81. The molecule has 1 aliphatic rings. The van der Waals surface area contributed by atoms with Gasteiger partial charge in [0.05, 0.1) is 37.5 Å². The molecule has 0 spiro atoms. The van der Waals surface area contributed by atoms with Gasteiger partial charge in [0.1, 0.15) is 18.2 Å². The summed E-state index contributed by atoms with van der Waals surface area (Å²) in [5.41, 5.74) is 0. The first-order chi connectivity index (χ1) is 16.2. The van der Waals surface area contributed by atoms with Crippen molar-refractivity contribution in [3.8, 4) is 5.75 Å². The van der Waals surface area contributed by atoms with Crippen LogP contribution in [0.25, 0.3) is 0 Å². The predicted molar refractivity (Wildman–Crippen MR) is 124 cm³/mol. The van der Waals surface area contributed by atoms with Gasteiger partial charge in [-0.2, -0.15) is 0 Å². The van der Waals surface area contributed by atoms with Crippen LogP contribution in [0.3, 0.4) is 0 Å². The number of nitrogens with zero attached hydrogens (tertiary/aromatic N) is 5. The highest BCUT2D eigenvalue weighted by molar-refractivity contribution is 7.93. The summed E-state index contributed by atoms with van der Waals surface area (Å²) in [6.45, 7) is 5.76. The molecule has 2 aromatic rings. The number of aromatic nitrogens is 5. The van der Waals surface area contributed by atoms with Gasteiger partial charge in [0.15, 0.2) is 11.6 Å². The third-order valence-corrected chi connectivity index (χ3v) is 7.94. The van der Waals surface area contributed by atoms with Gasteiger partial charge >= 0.3 is 0 Å². The van der Waals surface area contributed by atoms with Crippen molar-refractivity contribution >= 4 is 16.0 Å². The van der Waals surface area contributed by atoms with Gasteiger partial charge in [-0.05, 0) is 26.7 Å². The van der Waals surface area contributed by atoms with Crippen molar-refractivity contribution < 1.29 is 27.4 Å². The standard InChI is InChI=1S/C21H34N6O6S/c1-13-7-8-17(33-13)20-24-25-21(27(20)18(32-6)9-10-30-4)26-34(28,29)15(3)14(2)19-22-11-16(31-5)12-23-19/h11-15,17-18H,7-10H2,1-6H3,(H,25,26)/t13-,14+,15+,17-,18?/m1/s1. The zero-order chi connectivity index (χ0) is 24.9. The summed E-state index contributed by atoms with van der Waals surface area (Å²) in [4.78, 5) is 8.47. The molecule has 1 fully saturated rings. The van der Waals surface area contributed by atoms with Crippen LogP contribution in [0.5, 0.6) is 5.75 Å². The summed E-state index contributed by atoms with van der Waals surface area (Å²) in [5, 5.41) is 7.57. The SMILES string of the molecule is COCCC(OC)n1c(NS(=O)(=O)[C@@H](C)[C@H](C)c2ncc(OC)cn2)nnc1[C@H]1CC[C@@H](C)O1. The number of methoxy groups -OCH3 is 3. The van der Waals surface area contributed by atoms with E-state index in [1.54, 1.807) is 32.6 Å². The maximum absolute atomic E-state index is 13.3. The summed E-state index contributed by atoms with van der Waals surface area (Å²) >= 11 is 0. The Kier molecular flexibility index (Phi) is 8.79. The number of hydrogen-bond donors (Lipinski definition) is 1. The smallest absolute Gasteiger partial charge is 0.240 e. The molecule has 5 atom stereocenters. The Bertz CT molecular complexity index is 1030. The number of rotatable bonds is 12. The highest BCUT2D eigenvalue weighted by Gasteiger charge is 2.35. The molecule has 0 bridgehead atoms. The van der Waals surface area contributed by atoms with Gasteiger partial charge in [0, 0.05) is 26.6 Å². The van der Waals surface area contributed by atoms with E-state index in [2.05, 4.69) is 24.9 Å². The van der Waals surface area contributed by atoms with E-state index in [9.17, 15) is 8.42 Å². The molecule has 3 heterocycles. The molecule has 13 heteroatoms. The first kappa shape index (κ1) is 26.3. The molecule has 1 N–H and O–H groups in total. The normalized spacial score (nSPS) is 21.2. The van der Waals surface area contributed by atoms with Crippen LogP contribution < -0.4 is 9.46 Å². The molecule has 34 heavy (non-hydrogen) atoms. The molecular weight excluding hydrogens is 464 g/mol. The van der Waals surface area contributed by atoms with E-state index in [0.29, 0.717) is 30.4 Å². The Labute approximate surface area is 200 Å². The maximum atomic E-state index is 13.3. The van der Waals surface area contributed by atoms with E-state index < -0.39 is 27.4 Å². The Hall–Kier alpha value is -2.35. The summed E-state index contributed by atoms with van der Waals surface area (Å²) in [7, 11) is 0.761. The molecule has 0 aromatic carbocycles. The molecule has 2 aromatic heterocycles. The van der Waals surface area contributed by atoms with Crippen molar-refractivity contribution in [3.05, 3.63) is 24.0 Å². The fraction of sp³-hybridized carbons (Fsp3) is 0.714. The molecular formula is C21H34N6O6S. The van der Waals surface area contributed by atoms with Gasteiger partial charge in [-0.1, -0.05) is 6.92 Å². The molecule has 1 saturated heterocycles. The molecule has 0 amide bonds. The number of hydrogen-bond acceptors (Lipinski definition) is 10. The highest BCUT2D eigenvalue weighted by atomic mass is 32.2. The molecule has 190 valence electrons. The molecule has 12 nitrogen and oxygen atoms in total. The van der Waals surface area contributed by atoms with E-state index in [1.165, 1.54) is 19.5 Å². The van der Waals surface area contributed by atoms with Crippen LogP contribution in [0, 0.1) is 0 Å². The minimum Gasteiger partial charge on any atom is -0.494 e. The topological polar surface area (TPSA) is 140 Å². The van der Waals surface area contributed by atoms with Crippen molar-refractivity contribution in [2.24, 2.45) is 0 Å². The maximum Gasteiger partial charge on any atom is 0.240 e. The van der Waals surface area contributed by atoms with Crippen molar-refractivity contribution in [2.75, 3.05) is 32.7 Å². The highest BCUT2D eigenvalue weighted by Crippen LogP contribution is 2.35. The van der Waals surface area contributed by atoms with E-state index in [-0.39, 0.29) is 18.2 Å². The summed E-state index contributed by atoms with van der Waals surface area (Å²) < 4.78 is 52.8. The second-order valence-corrected chi connectivity index (χ2v) is 10.4. The summed E-state index contributed by atoms with van der Waals surface area (Å²) in [6, 6.07) is 0. The lowest BCUT2D eigenvalue weighted by atomic mass is 10.1. The van der Waals surface area contributed by atoms with E-state index in [4.69, 9.17) is 18.9 Å². The molecule has 0 saturated carbocycles. The van der Waals surface area contributed by atoms with Crippen molar-refractivity contribution in [2.45, 2.75) is 69.6 Å². The first-order valence-corrected chi connectivity index (χ1v) is 12.8. The second-order valence-electron chi connectivity index (χ2n) is 8.36. The fourth-order valence-corrected chi connectivity index (χ4v) is 5.04. The van der Waals surface area contributed by atoms with Crippen molar-refractivity contribution in [1.29, 1.82) is 0 Å². The monoisotopic (exact) mass is 498 g/mol. The van der Waals surface area contributed by atoms with Crippen LogP contribution in [0.1, 0.15) is 69.9 Å². The summed E-state index contributed by atoms with van der Waals surface area (Å²) in [6.07, 6.45) is 4.37. The summed E-state index contributed by atoms with van der Waals surface area (Å²) in [5.74, 6) is 0.976. The lowest BCUT2D eigenvalue weighted by Gasteiger charge is -2.24. The van der Waals surface area contributed by atoms with Crippen LogP contribution in [0.2, 0.25) is 0 Å². The van der Waals surface area contributed by atoms with Crippen LogP contribution in [0.4, 0.5) is 5.95 Å². The van der Waals surface area contributed by atoms with Crippen LogP contribution in [-0.2, 0) is 24.2 Å². The first-order valence-electron chi connectivity index (χ1n) is 11.2. The molecule has 1 unspecified atom stereocenters. The van der Waals surface area contributed by atoms with Gasteiger partial charge in [-0.25, -0.2) is 18.4 Å². The predicted octanol–water partition coefficient (Wildman–Crippen LogP) is 2.43. The number of nitrogens with one attached hydrogen (secondary N) is 1. The van der Waals surface area contributed by atoms with E-state index >= 15 is 0 Å². The van der Waals surface area contributed by atoms with Gasteiger partial charge in [-0.15, -0.1) is 10.2 Å². The lowest BCUT2D eigenvalue weighted by Crippen LogP contribution is -2.32. The third kappa shape index (κ3) is 5.82. The van der Waals surface area contributed by atoms with Crippen molar-refractivity contribution in [3.63, 3.8) is 0 Å². The molecule has 0 radical (unpaired) electrons. The zero-order valence-electron chi connectivity index (χ0n) is 20.5. The third-order valence-electron chi connectivity index (χ3n) is 6.09. The lowest BCUT2D eigenvalue weighted by molar-refractivity contribution is 0.00194. The van der Waals surface area contributed by atoms with E-state index in [1.807, 2.05) is 6.92 Å². The minimum absolute atomic E-state index is 0.0656. The van der Waals surface area contributed by atoms with Gasteiger partial charge in [-0.3, -0.25) is 9.29 Å².